The first-order chi connectivity index (χ1) is 4.80. The van der Waals surface area contributed by atoms with E-state index in [1.807, 2.05) is 13.8 Å². The average molecular weight is 145 g/mol. The van der Waals surface area contributed by atoms with Gasteiger partial charge < -0.3 is 5.32 Å². The molecule has 1 N–H and O–H groups in total. The highest BCUT2D eigenvalue weighted by atomic mass is 16.1. The predicted molar refractivity (Wildman–Crippen MR) is 45.2 cm³/mol. The summed E-state index contributed by atoms with van der Waals surface area (Å²) >= 11 is 0. The summed E-state index contributed by atoms with van der Waals surface area (Å²) < 4.78 is 0. The molecule has 10 heavy (non-hydrogen) atoms. The third-order valence-corrected chi connectivity index (χ3v) is 1.55. The third kappa shape index (κ3) is 2.97. The van der Waals surface area contributed by atoms with Crippen LogP contribution in [0.5, 0.6) is 0 Å². The van der Waals surface area contributed by atoms with Crippen molar-refractivity contribution >= 4 is 5.78 Å². The number of carbonyl (C=O) groups excluding carboxylic acids is 1. The largest absolute Gasteiger partial charge is 0.307 e. The fraction of sp³-hybridized carbons (Fsp3) is 0.875. The van der Waals surface area contributed by atoms with Gasteiger partial charge in [-0.1, -0.05) is 13.8 Å². The molecule has 0 aromatic heterocycles. The second-order valence-corrected chi connectivity index (χ2v) is 2.26. The topological polar surface area (TPSA) is 29.1 Å². The van der Waals surface area contributed by atoms with E-state index in [1.54, 1.807) is 6.92 Å². The van der Waals surface area contributed by atoms with Crippen LogP contribution in [-0.4, -0.2) is 18.4 Å². The lowest BCUT2D eigenvalue weighted by molar-refractivity contribution is -0.118. The molecule has 0 amide bonds. The standard InChI is InChI=1S/C6H11NO.C2H6.H2/c1-5(8)6-3-2-4-7-6;1-2;/h6-7H,2-4H2,1H3;1-2H3;1H/t6-;;/m1../s1. The molecule has 0 aromatic carbocycles. The minimum Gasteiger partial charge on any atom is -0.307 e. The van der Waals surface area contributed by atoms with Crippen molar-refractivity contribution in [2.24, 2.45) is 0 Å². The molecule has 1 rings (SSSR count). The van der Waals surface area contributed by atoms with E-state index in [-0.39, 0.29) is 13.3 Å². The fourth-order valence-corrected chi connectivity index (χ4v) is 1.03. The summed E-state index contributed by atoms with van der Waals surface area (Å²) in [5.41, 5.74) is 0. The fourth-order valence-electron chi connectivity index (χ4n) is 1.03. The Hall–Kier alpha value is -0.370. The van der Waals surface area contributed by atoms with Gasteiger partial charge in [0.05, 0.1) is 6.04 Å². The van der Waals surface area contributed by atoms with E-state index in [0.717, 1.165) is 19.4 Å². The molecule has 1 fully saturated rings. The van der Waals surface area contributed by atoms with E-state index in [4.69, 9.17) is 0 Å². The first-order valence-corrected chi connectivity index (χ1v) is 4.04. The molecule has 2 nitrogen and oxygen atoms in total. The molecule has 2 heteroatoms. The zero-order valence-electron chi connectivity index (χ0n) is 7.11. The Labute approximate surface area is 64.5 Å². The molecule has 0 aromatic rings. The summed E-state index contributed by atoms with van der Waals surface area (Å²) in [5.74, 6) is 0.280. The lowest BCUT2D eigenvalue weighted by atomic mass is 10.2. The van der Waals surface area contributed by atoms with Crippen LogP contribution in [0.3, 0.4) is 0 Å². The number of hydrogen-bond acceptors (Lipinski definition) is 2. The number of ketones is 1. The molecule has 1 heterocycles. The highest BCUT2D eigenvalue weighted by Gasteiger charge is 2.17. The van der Waals surface area contributed by atoms with Crippen molar-refractivity contribution in [3.63, 3.8) is 0 Å². The van der Waals surface area contributed by atoms with E-state index < -0.39 is 0 Å². The molecule has 0 aliphatic carbocycles. The molecule has 62 valence electrons. The van der Waals surface area contributed by atoms with Crippen LogP contribution in [0.4, 0.5) is 0 Å². The molecule has 0 bridgehead atoms. The van der Waals surface area contributed by atoms with Gasteiger partial charge in [0.2, 0.25) is 0 Å². The van der Waals surface area contributed by atoms with Crippen LogP contribution in [0.2, 0.25) is 0 Å². The monoisotopic (exact) mass is 145 g/mol. The van der Waals surface area contributed by atoms with E-state index in [0.29, 0.717) is 0 Å². The maximum absolute atomic E-state index is 10.6. The van der Waals surface area contributed by atoms with E-state index in [9.17, 15) is 4.79 Å². The Morgan fingerprint density at radius 3 is 2.40 bits per heavy atom. The van der Waals surface area contributed by atoms with Crippen LogP contribution in [0, 0.1) is 0 Å². The molecule has 1 aliphatic rings. The number of carbonyl (C=O) groups is 1. The Morgan fingerprint density at radius 1 is 1.60 bits per heavy atom. The maximum Gasteiger partial charge on any atom is 0.146 e. The third-order valence-electron chi connectivity index (χ3n) is 1.55. The van der Waals surface area contributed by atoms with Crippen molar-refractivity contribution in [2.75, 3.05) is 6.54 Å². The van der Waals surface area contributed by atoms with Gasteiger partial charge in [-0.25, -0.2) is 0 Å². The molecule has 0 unspecified atom stereocenters. The lowest BCUT2D eigenvalue weighted by Crippen LogP contribution is -2.28. The van der Waals surface area contributed by atoms with Gasteiger partial charge in [-0.15, -0.1) is 0 Å². The van der Waals surface area contributed by atoms with Crippen molar-refractivity contribution < 1.29 is 6.22 Å². The summed E-state index contributed by atoms with van der Waals surface area (Å²) in [6, 6.07) is 0.176. The Bertz CT molecular complexity index is 100. The van der Waals surface area contributed by atoms with Crippen LogP contribution in [0.1, 0.15) is 35.0 Å². The SMILES string of the molecule is CC.CC(=O)[C@H]1CCCN1.[HH]. The van der Waals surface area contributed by atoms with E-state index in [2.05, 4.69) is 5.32 Å². The van der Waals surface area contributed by atoms with E-state index in [1.165, 1.54) is 0 Å². The van der Waals surface area contributed by atoms with Gasteiger partial charge in [0.25, 0.3) is 0 Å². The van der Waals surface area contributed by atoms with Gasteiger partial charge in [0.15, 0.2) is 0 Å². The number of nitrogens with one attached hydrogen (secondary N) is 1. The molecular formula is C8H19NO. The minimum absolute atomic E-state index is 0. The lowest BCUT2D eigenvalue weighted by Gasteiger charge is -2.01. The van der Waals surface area contributed by atoms with Crippen molar-refractivity contribution in [2.45, 2.75) is 39.7 Å². The normalized spacial score (nSPS) is 23.3. The molecular weight excluding hydrogens is 126 g/mol. The van der Waals surface area contributed by atoms with Crippen LogP contribution >= 0.6 is 0 Å². The van der Waals surface area contributed by atoms with Gasteiger partial charge >= 0.3 is 0 Å². The van der Waals surface area contributed by atoms with Crippen molar-refractivity contribution in [1.29, 1.82) is 0 Å². The summed E-state index contributed by atoms with van der Waals surface area (Å²) in [4.78, 5) is 10.6. The van der Waals surface area contributed by atoms with Crippen LogP contribution in [0.25, 0.3) is 0 Å². The smallest absolute Gasteiger partial charge is 0.146 e. The predicted octanol–water partition coefficient (Wildman–Crippen LogP) is 1.60. The first kappa shape index (κ1) is 9.63. The van der Waals surface area contributed by atoms with Gasteiger partial charge in [-0.2, -0.15) is 0 Å². The zero-order chi connectivity index (χ0) is 7.98. The number of rotatable bonds is 1. The highest BCUT2D eigenvalue weighted by Crippen LogP contribution is 2.04. The molecule has 1 aliphatic heterocycles. The summed E-state index contributed by atoms with van der Waals surface area (Å²) in [6.07, 6.45) is 2.19. The second kappa shape index (κ2) is 5.42. The van der Waals surface area contributed by atoms with Crippen molar-refractivity contribution in [3.8, 4) is 0 Å². The van der Waals surface area contributed by atoms with Gasteiger partial charge in [-0.3, -0.25) is 4.79 Å². The van der Waals surface area contributed by atoms with Gasteiger partial charge in [-0.05, 0) is 26.3 Å². The summed E-state index contributed by atoms with van der Waals surface area (Å²) in [7, 11) is 0. The number of Topliss-reactive ketones (excluding diaryl/α,β-unsaturated/α-hetero) is 1. The Kier molecular flexibility index (Phi) is 5.22. The van der Waals surface area contributed by atoms with Crippen LogP contribution in [-0.2, 0) is 4.79 Å². The second-order valence-electron chi connectivity index (χ2n) is 2.26. The first-order valence-electron chi connectivity index (χ1n) is 4.04. The maximum atomic E-state index is 10.6. The van der Waals surface area contributed by atoms with Crippen molar-refractivity contribution in [3.05, 3.63) is 0 Å². The Morgan fingerprint density at radius 2 is 2.20 bits per heavy atom. The molecule has 1 saturated heterocycles. The Balaban J connectivity index is 0. The highest BCUT2D eigenvalue weighted by molar-refractivity contribution is 5.81. The van der Waals surface area contributed by atoms with Crippen molar-refractivity contribution in [1.82, 2.24) is 5.32 Å². The number of hydrogen-bond donors (Lipinski definition) is 1. The summed E-state index contributed by atoms with van der Waals surface area (Å²) in [6.45, 7) is 6.66. The van der Waals surface area contributed by atoms with E-state index >= 15 is 0 Å². The van der Waals surface area contributed by atoms with Gasteiger partial charge in [0.1, 0.15) is 5.78 Å². The van der Waals surface area contributed by atoms with Crippen LogP contribution in [0.15, 0.2) is 0 Å². The molecule has 1 atom stereocenters. The van der Waals surface area contributed by atoms with Gasteiger partial charge in [0, 0.05) is 1.43 Å². The van der Waals surface area contributed by atoms with Crippen LogP contribution < -0.4 is 5.32 Å². The summed E-state index contributed by atoms with van der Waals surface area (Å²) in [5, 5.41) is 3.11. The zero-order valence-corrected chi connectivity index (χ0v) is 7.11. The quantitative estimate of drug-likeness (QED) is 0.607. The average Bonchev–Trinajstić information content (AvgIpc) is 2.42. The minimum atomic E-state index is 0. The molecule has 0 radical (unpaired) electrons. The molecule has 0 saturated carbocycles. The molecule has 0 spiro atoms.